The summed E-state index contributed by atoms with van der Waals surface area (Å²) in [7, 11) is -2.95. The molecule has 0 bridgehead atoms. The number of likely N-dealkylation sites (tertiary alicyclic amines) is 1. The topological polar surface area (TPSA) is 90.9 Å². The molecule has 2 saturated heterocycles. The molecule has 9 heteroatoms. The fourth-order valence-electron chi connectivity index (χ4n) is 5.04. The summed E-state index contributed by atoms with van der Waals surface area (Å²) in [6.07, 6.45) is 3.57. The predicted molar refractivity (Wildman–Crippen MR) is 143 cm³/mol. The molecule has 0 radical (unpaired) electrons. The Balaban J connectivity index is 1.02. The molecule has 0 unspecified atom stereocenters. The molecule has 2 fully saturated rings. The van der Waals surface area contributed by atoms with Crippen LogP contribution < -0.4 is 10.6 Å². The molecule has 7 nitrogen and oxygen atoms in total. The van der Waals surface area contributed by atoms with Gasteiger partial charge in [-0.1, -0.05) is 42.1 Å². The number of fused-ring (bicyclic) bond motifs is 1. The van der Waals surface area contributed by atoms with E-state index in [1.165, 1.54) is 30.2 Å². The Morgan fingerprint density at radius 3 is 2.49 bits per heavy atom. The molecule has 186 valence electrons. The summed E-state index contributed by atoms with van der Waals surface area (Å²) in [4.78, 5) is 19.5. The quantitative estimate of drug-likeness (QED) is 0.593. The Hall–Kier alpha value is -2.36. The highest BCUT2D eigenvalue weighted by molar-refractivity contribution is 8.15. The highest BCUT2D eigenvalue weighted by Crippen LogP contribution is 2.34. The Labute approximate surface area is 211 Å². The number of carbonyl (C=O) groups is 1. The van der Waals surface area contributed by atoms with Gasteiger partial charge in [0, 0.05) is 29.6 Å². The predicted octanol–water partition coefficient (Wildman–Crippen LogP) is 3.05. The van der Waals surface area contributed by atoms with Gasteiger partial charge in [0.2, 0.25) is 0 Å². The van der Waals surface area contributed by atoms with Gasteiger partial charge in [-0.05, 0) is 68.1 Å². The maximum absolute atomic E-state index is 12.6. The SMILES string of the molecule is O=C(NCCN1CCC(Cc2ccccc2)CC1)c1ccc(NC2=N[C@@H]3CS(=O)(=O)C[C@@H]3S2)cc1. The van der Waals surface area contributed by atoms with E-state index in [1.807, 2.05) is 12.1 Å². The number of nitrogens with zero attached hydrogens (tertiary/aromatic N) is 2. The second-order valence-corrected chi connectivity index (χ2v) is 13.0. The number of aliphatic imine (C=N–C) groups is 1. The van der Waals surface area contributed by atoms with Crippen LogP contribution in [0.2, 0.25) is 0 Å². The van der Waals surface area contributed by atoms with Gasteiger partial charge in [0.05, 0.1) is 17.5 Å². The van der Waals surface area contributed by atoms with Gasteiger partial charge < -0.3 is 15.5 Å². The van der Waals surface area contributed by atoms with Gasteiger partial charge in [0.1, 0.15) is 0 Å². The molecule has 0 aliphatic carbocycles. The number of anilines is 1. The minimum atomic E-state index is -2.95. The molecular formula is C26H32N4O3S2. The summed E-state index contributed by atoms with van der Waals surface area (Å²) in [6, 6.07) is 17.9. The molecule has 0 saturated carbocycles. The van der Waals surface area contributed by atoms with Gasteiger partial charge in [-0.15, -0.1) is 0 Å². The Morgan fingerprint density at radius 1 is 1.03 bits per heavy atom. The van der Waals surface area contributed by atoms with E-state index in [4.69, 9.17) is 0 Å². The highest BCUT2D eigenvalue weighted by atomic mass is 32.2. The van der Waals surface area contributed by atoms with Crippen molar-refractivity contribution in [1.29, 1.82) is 0 Å². The molecule has 5 rings (SSSR count). The number of rotatable bonds is 7. The van der Waals surface area contributed by atoms with Crippen molar-refractivity contribution in [3.8, 4) is 0 Å². The van der Waals surface area contributed by atoms with Crippen LogP contribution in [0.1, 0.15) is 28.8 Å². The summed E-state index contributed by atoms with van der Waals surface area (Å²) in [5, 5.41) is 7.05. The van der Waals surface area contributed by atoms with Crippen molar-refractivity contribution < 1.29 is 13.2 Å². The van der Waals surface area contributed by atoms with Crippen molar-refractivity contribution in [2.75, 3.05) is 43.0 Å². The third-order valence-electron chi connectivity index (χ3n) is 7.00. The smallest absolute Gasteiger partial charge is 0.251 e. The van der Waals surface area contributed by atoms with Gasteiger partial charge in [-0.3, -0.25) is 9.79 Å². The summed E-state index contributed by atoms with van der Waals surface area (Å²) in [5.74, 6) is 1.02. The van der Waals surface area contributed by atoms with Crippen molar-refractivity contribution in [3.63, 3.8) is 0 Å². The first-order chi connectivity index (χ1) is 16.9. The number of nitrogens with one attached hydrogen (secondary N) is 2. The Bertz CT molecular complexity index is 1160. The van der Waals surface area contributed by atoms with E-state index in [-0.39, 0.29) is 28.7 Å². The van der Waals surface area contributed by atoms with Crippen LogP contribution in [0, 0.1) is 5.92 Å². The van der Waals surface area contributed by atoms with Gasteiger partial charge >= 0.3 is 0 Å². The first kappa shape index (κ1) is 24.3. The highest BCUT2D eigenvalue weighted by Gasteiger charge is 2.42. The van der Waals surface area contributed by atoms with Crippen molar-refractivity contribution in [1.82, 2.24) is 10.2 Å². The lowest BCUT2D eigenvalue weighted by Gasteiger charge is -2.32. The molecule has 0 aromatic heterocycles. The van der Waals surface area contributed by atoms with Gasteiger partial charge in [0.15, 0.2) is 15.0 Å². The zero-order valence-electron chi connectivity index (χ0n) is 19.7. The number of benzene rings is 2. The minimum absolute atomic E-state index is 0.0159. The van der Waals surface area contributed by atoms with Gasteiger partial charge in [-0.2, -0.15) is 0 Å². The van der Waals surface area contributed by atoms with E-state index >= 15 is 0 Å². The molecule has 35 heavy (non-hydrogen) atoms. The third kappa shape index (κ3) is 6.45. The number of amides is 1. The molecule has 0 spiro atoms. The average molecular weight is 513 g/mol. The Morgan fingerprint density at radius 2 is 1.77 bits per heavy atom. The second-order valence-electron chi connectivity index (χ2n) is 9.67. The maximum atomic E-state index is 12.6. The number of thioether (sulfide) groups is 1. The van der Waals surface area contributed by atoms with E-state index < -0.39 is 9.84 Å². The van der Waals surface area contributed by atoms with E-state index in [1.54, 1.807) is 12.1 Å². The lowest BCUT2D eigenvalue weighted by atomic mass is 9.90. The van der Waals surface area contributed by atoms with Crippen LogP contribution in [0.5, 0.6) is 0 Å². The van der Waals surface area contributed by atoms with Crippen molar-refractivity contribution in [2.24, 2.45) is 10.9 Å². The van der Waals surface area contributed by atoms with Crippen molar-refractivity contribution >= 4 is 38.4 Å². The Kier molecular flexibility index (Phi) is 7.45. The molecule has 2 atom stereocenters. The fourth-order valence-corrected chi connectivity index (χ4v) is 8.71. The normalized spacial score (nSPS) is 24.1. The third-order valence-corrected chi connectivity index (χ3v) is 10.1. The monoisotopic (exact) mass is 512 g/mol. The van der Waals surface area contributed by atoms with Crippen LogP contribution in [0.3, 0.4) is 0 Å². The van der Waals surface area contributed by atoms with Crippen molar-refractivity contribution in [3.05, 3.63) is 65.7 Å². The second kappa shape index (κ2) is 10.7. The number of piperidine rings is 1. The van der Waals surface area contributed by atoms with E-state index in [0.29, 0.717) is 12.1 Å². The van der Waals surface area contributed by atoms with Crippen LogP contribution in [0.15, 0.2) is 59.6 Å². The van der Waals surface area contributed by atoms with Gasteiger partial charge in [0.25, 0.3) is 5.91 Å². The van der Waals surface area contributed by atoms with E-state index in [2.05, 4.69) is 50.9 Å². The number of amidine groups is 1. The minimum Gasteiger partial charge on any atom is -0.351 e. The summed E-state index contributed by atoms with van der Waals surface area (Å²) < 4.78 is 23.4. The molecule has 3 aliphatic rings. The first-order valence-corrected chi connectivity index (χ1v) is 15.0. The molecule has 2 N–H and O–H groups in total. The summed E-state index contributed by atoms with van der Waals surface area (Å²) in [5.41, 5.74) is 2.89. The molecule has 3 heterocycles. The molecular weight excluding hydrogens is 480 g/mol. The molecule has 2 aromatic rings. The number of sulfone groups is 1. The number of hydrogen-bond donors (Lipinski definition) is 2. The van der Waals surface area contributed by atoms with E-state index in [0.717, 1.165) is 42.8 Å². The van der Waals surface area contributed by atoms with Crippen LogP contribution in [-0.4, -0.2) is 73.4 Å². The lowest BCUT2D eigenvalue weighted by molar-refractivity contribution is 0.0944. The zero-order chi connectivity index (χ0) is 24.3. The summed E-state index contributed by atoms with van der Waals surface area (Å²) in [6.45, 7) is 3.69. The van der Waals surface area contributed by atoms with Gasteiger partial charge in [-0.25, -0.2) is 8.42 Å². The zero-order valence-corrected chi connectivity index (χ0v) is 21.4. The molecule has 1 amide bonds. The molecule has 3 aliphatic heterocycles. The number of hydrogen-bond acceptors (Lipinski definition) is 7. The molecule has 2 aromatic carbocycles. The van der Waals surface area contributed by atoms with Crippen LogP contribution in [0.4, 0.5) is 5.69 Å². The summed E-state index contributed by atoms with van der Waals surface area (Å²) >= 11 is 1.49. The maximum Gasteiger partial charge on any atom is 0.251 e. The number of carbonyl (C=O) groups excluding carboxylic acids is 1. The van der Waals surface area contributed by atoms with E-state index in [9.17, 15) is 13.2 Å². The average Bonchev–Trinajstić information content (AvgIpc) is 3.33. The van der Waals surface area contributed by atoms with Crippen LogP contribution >= 0.6 is 11.8 Å². The fraction of sp³-hybridized carbons (Fsp3) is 0.462. The lowest BCUT2D eigenvalue weighted by Crippen LogP contribution is -2.39. The van der Waals surface area contributed by atoms with Crippen LogP contribution in [-0.2, 0) is 16.3 Å². The first-order valence-electron chi connectivity index (χ1n) is 12.3. The van der Waals surface area contributed by atoms with Crippen LogP contribution in [0.25, 0.3) is 0 Å². The standard InChI is InChI=1S/C26H32N4O3S2/c31-25(27-12-15-30-13-10-20(11-14-30)16-19-4-2-1-3-5-19)21-6-8-22(9-7-21)28-26-29-23-17-35(32,33)18-24(23)34-26/h1-9,20,23-24H,10-18H2,(H,27,31)(H,28,29)/t23-,24+/m1/s1. The largest absolute Gasteiger partial charge is 0.351 e. The van der Waals surface area contributed by atoms with Crippen molar-refractivity contribution in [2.45, 2.75) is 30.6 Å².